The predicted octanol–water partition coefficient (Wildman–Crippen LogP) is 2.83. The number of thiophene rings is 1. The minimum absolute atomic E-state index is 0.0214. The van der Waals surface area contributed by atoms with Crippen LogP contribution < -0.4 is 10.2 Å². The Morgan fingerprint density at radius 1 is 1.30 bits per heavy atom. The number of nitrogens with zero attached hydrogens (tertiary/aromatic N) is 1. The average Bonchev–Trinajstić information content (AvgIpc) is 3.13. The molecular weight excluding hydrogens is 308 g/mol. The van der Waals surface area contributed by atoms with Crippen molar-refractivity contribution in [2.45, 2.75) is 32.7 Å². The monoisotopic (exact) mass is 328 g/mol. The van der Waals surface area contributed by atoms with Crippen molar-refractivity contribution < 1.29 is 9.59 Å². The van der Waals surface area contributed by atoms with Gasteiger partial charge in [0, 0.05) is 12.2 Å². The molecule has 1 aromatic heterocycles. The molecule has 1 aliphatic heterocycles. The van der Waals surface area contributed by atoms with Crippen LogP contribution in [0.15, 0.2) is 35.0 Å². The third kappa shape index (κ3) is 3.45. The smallest absolute Gasteiger partial charge is 0.249 e. The molecule has 0 radical (unpaired) electrons. The number of carbonyl (C=O) groups excluding carboxylic acids is 2. The van der Waals surface area contributed by atoms with Crippen molar-refractivity contribution in [2.24, 2.45) is 0 Å². The second kappa shape index (κ2) is 6.54. The van der Waals surface area contributed by atoms with Gasteiger partial charge in [-0.25, -0.2) is 0 Å². The largest absolute Gasteiger partial charge is 0.344 e. The summed E-state index contributed by atoms with van der Waals surface area (Å²) in [4.78, 5) is 26.4. The van der Waals surface area contributed by atoms with Gasteiger partial charge >= 0.3 is 0 Å². The average molecular weight is 328 g/mol. The number of aryl methyl sites for hydroxylation is 2. The summed E-state index contributed by atoms with van der Waals surface area (Å²) in [6.07, 6.45) is 0.984. The molecule has 1 fully saturated rings. The lowest BCUT2D eigenvalue weighted by Crippen LogP contribution is -2.42. The molecule has 2 aromatic rings. The second-order valence-corrected chi connectivity index (χ2v) is 6.76. The number of rotatable bonds is 4. The van der Waals surface area contributed by atoms with E-state index in [9.17, 15) is 9.59 Å². The number of benzene rings is 1. The summed E-state index contributed by atoms with van der Waals surface area (Å²) in [6.45, 7) is 4.74. The Bertz CT molecular complexity index is 725. The maximum atomic E-state index is 12.6. The molecule has 4 nitrogen and oxygen atoms in total. The number of carbonyl (C=O) groups is 2. The van der Waals surface area contributed by atoms with Gasteiger partial charge in [-0.05, 0) is 65.9 Å². The van der Waals surface area contributed by atoms with Gasteiger partial charge in [0.2, 0.25) is 11.8 Å². The van der Waals surface area contributed by atoms with Gasteiger partial charge in [0.25, 0.3) is 0 Å². The van der Waals surface area contributed by atoms with Crippen molar-refractivity contribution in [1.29, 1.82) is 0 Å². The molecule has 1 N–H and O–H groups in total. The summed E-state index contributed by atoms with van der Waals surface area (Å²) < 4.78 is 0. The fourth-order valence-corrected chi connectivity index (χ4v) is 3.46. The summed E-state index contributed by atoms with van der Waals surface area (Å²) in [6, 6.07) is 7.55. The minimum Gasteiger partial charge on any atom is -0.344 e. The van der Waals surface area contributed by atoms with Crippen LogP contribution in [-0.2, 0) is 16.0 Å². The number of amides is 2. The van der Waals surface area contributed by atoms with Gasteiger partial charge in [-0.15, -0.1) is 0 Å². The van der Waals surface area contributed by atoms with Crippen LogP contribution in [-0.4, -0.2) is 24.4 Å². The van der Waals surface area contributed by atoms with E-state index in [1.54, 1.807) is 16.2 Å². The van der Waals surface area contributed by atoms with Gasteiger partial charge in [-0.3, -0.25) is 9.59 Å². The molecule has 0 saturated carbocycles. The molecule has 0 bridgehead atoms. The molecule has 120 valence electrons. The zero-order valence-electron chi connectivity index (χ0n) is 13.3. The summed E-state index contributed by atoms with van der Waals surface area (Å²) in [5.74, 6) is -0.115. The minimum atomic E-state index is -0.414. The van der Waals surface area contributed by atoms with E-state index in [0.717, 1.165) is 11.3 Å². The van der Waals surface area contributed by atoms with Crippen LogP contribution in [0.25, 0.3) is 0 Å². The van der Waals surface area contributed by atoms with E-state index >= 15 is 0 Å². The van der Waals surface area contributed by atoms with E-state index in [0.29, 0.717) is 19.4 Å². The third-order valence-corrected chi connectivity index (χ3v) is 5.02. The molecule has 1 atom stereocenters. The molecule has 0 spiro atoms. The highest BCUT2D eigenvalue weighted by molar-refractivity contribution is 7.08. The number of nitrogens with one attached hydrogen (secondary N) is 1. The molecule has 0 unspecified atom stereocenters. The molecule has 5 heteroatoms. The summed E-state index contributed by atoms with van der Waals surface area (Å²) in [5, 5.41) is 6.77. The predicted molar refractivity (Wildman–Crippen MR) is 92.8 cm³/mol. The highest BCUT2D eigenvalue weighted by Crippen LogP contribution is 2.24. The first-order chi connectivity index (χ1) is 11.0. The summed E-state index contributed by atoms with van der Waals surface area (Å²) >= 11 is 1.57. The highest BCUT2D eigenvalue weighted by atomic mass is 32.1. The van der Waals surface area contributed by atoms with Gasteiger partial charge < -0.3 is 10.2 Å². The van der Waals surface area contributed by atoms with Crippen LogP contribution in [0.1, 0.15) is 23.1 Å². The Balaban J connectivity index is 1.64. The number of anilines is 1. The quantitative estimate of drug-likeness (QED) is 0.938. The van der Waals surface area contributed by atoms with E-state index in [2.05, 4.69) is 12.2 Å². The van der Waals surface area contributed by atoms with Crippen molar-refractivity contribution in [3.8, 4) is 0 Å². The Morgan fingerprint density at radius 2 is 2.13 bits per heavy atom. The van der Waals surface area contributed by atoms with Gasteiger partial charge in [0.1, 0.15) is 6.04 Å². The van der Waals surface area contributed by atoms with Crippen LogP contribution in [0.4, 0.5) is 5.69 Å². The Hall–Kier alpha value is -2.14. The van der Waals surface area contributed by atoms with Crippen LogP contribution in [0.5, 0.6) is 0 Å². The van der Waals surface area contributed by atoms with Gasteiger partial charge in [0.05, 0.1) is 6.42 Å². The van der Waals surface area contributed by atoms with Crippen molar-refractivity contribution in [1.82, 2.24) is 5.32 Å². The van der Waals surface area contributed by atoms with Crippen molar-refractivity contribution in [3.05, 3.63) is 51.7 Å². The fourth-order valence-electron chi connectivity index (χ4n) is 2.79. The first kappa shape index (κ1) is 15.7. The van der Waals surface area contributed by atoms with E-state index in [4.69, 9.17) is 0 Å². The Labute approximate surface area is 140 Å². The van der Waals surface area contributed by atoms with E-state index in [1.165, 1.54) is 11.1 Å². The molecule has 1 aromatic carbocycles. The lowest BCUT2D eigenvalue weighted by Gasteiger charge is -2.18. The van der Waals surface area contributed by atoms with Gasteiger partial charge in [0.15, 0.2) is 0 Å². The molecule has 23 heavy (non-hydrogen) atoms. The Kier molecular flexibility index (Phi) is 4.48. The van der Waals surface area contributed by atoms with Gasteiger partial charge in [-0.2, -0.15) is 11.3 Å². The molecular formula is C18H20N2O2S. The van der Waals surface area contributed by atoms with Crippen molar-refractivity contribution >= 4 is 28.8 Å². The standard InChI is InChI=1S/C18H20N2O2S/c1-12-3-4-15(9-13(12)2)20-7-5-16(18(20)22)19-17(21)10-14-6-8-23-11-14/h3-4,6,8-9,11,16H,5,7,10H2,1-2H3,(H,19,21)/t16-/m1/s1. The lowest BCUT2D eigenvalue weighted by atomic mass is 10.1. The highest BCUT2D eigenvalue weighted by Gasteiger charge is 2.33. The first-order valence-corrected chi connectivity index (χ1v) is 8.68. The fraction of sp³-hybridized carbons (Fsp3) is 0.333. The van der Waals surface area contributed by atoms with E-state index in [-0.39, 0.29) is 11.8 Å². The summed E-state index contributed by atoms with van der Waals surface area (Å²) in [5.41, 5.74) is 4.28. The number of hydrogen-bond donors (Lipinski definition) is 1. The zero-order chi connectivity index (χ0) is 16.4. The molecule has 3 rings (SSSR count). The van der Waals surface area contributed by atoms with Crippen molar-refractivity contribution in [2.75, 3.05) is 11.4 Å². The van der Waals surface area contributed by atoms with Crippen molar-refractivity contribution in [3.63, 3.8) is 0 Å². The third-order valence-electron chi connectivity index (χ3n) is 4.29. The second-order valence-electron chi connectivity index (χ2n) is 5.98. The topological polar surface area (TPSA) is 49.4 Å². The molecule has 2 heterocycles. The lowest BCUT2D eigenvalue weighted by molar-refractivity contribution is -0.126. The Morgan fingerprint density at radius 3 is 2.83 bits per heavy atom. The molecule has 0 aliphatic carbocycles. The normalized spacial score (nSPS) is 17.6. The molecule has 1 aliphatic rings. The summed E-state index contributed by atoms with van der Waals surface area (Å²) in [7, 11) is 0. The maximum absolute atomic E-state index is 12.6. The van der Waals surface area contributed by atoms with Crippen LogP contribution >= 0.6 is 11.3 Å². The van der Waals surface area contributed by atoms with Crippen LogP contribution in [0.3, 0.4) is 0 Å². The van der Waals surface area contributed by atoms with E-state index < -0.39 is 6.04 Å². The zero-order valence-corrected chi connectivity index (χ0v) is 14.2. The van der Waals surface area contributed by atoms with Gasteiger partial charge in [-0.1, -0.05) is 6.07 Å². The van der Waals surface area contributed by atoms with Crippen LogP contribution in [0.2, 0.25) is 0 Å². The van der Waals surface area contributed by atoms with E-state index in [1.807, 2.05) is 41.9 Å². The SMILES string of the molecule is Cc1ccc(N2CC[C@@H](NC(=O)Cc3ccsc3)C2=O)cc1C. The number of hydrogen-bond acceptors (Lipinski definition) is 3. The first-order valence-electron chi connectivity index (χ1n) is 7.73. The molecule has 2 amide bonds. The van der Waals surface area contributed by atoms with Crippen LogP contribution in [0, 0.1) is 13.8 Å². The maximum Gasteiger partial charge on any atom is 0.249 e. The molecule has 1 saturated heterocycles.